The number of benzene rings is 2. The van der Waals surface area contributed by atoms with E-state index in [1.165, 1.54) is 23.5 Å². The van der Waals surface area contributed by atoms with Crippen LogP contribution in [-0.4, -0.2) is 52.8 Å². The minimum atomic E-state index is -0.492. The lowest BCUT2D eigenvalue weighted by Gasteiger charge is -2.34. The Balaban J connectivity index is 1.40. The Bertz CT molecular complexity index is 1100. The number of piperazine rings is 1. The third-order valence-corrected chi connectivity index (χ3v) is 6.29. The predicted molar refractivity (Wildman–Crippen MR) is 116 cm³/mol. The van der Waals surface area contributed by atoms with Gasteiger partial charge in [-0.05, 0) is 30.3 Å². The van der Waals surface area contributed by atoms with Gasteiger partial charge in [-0.2, -0.15) is 0 Å². The van der Waals surface area contributed by atoms with E-state index < -0.39 is 5.82 Å². The van der Waals surface area contributed by atoms with Gasteiger partial charge in [-0.15, -0.1) is 11.3 Å². The molecule has 0 atom stereocenters. The van der Waals surface area contributed by atoms with Crippen molar-refractivity contribution in [3.8, 4) is 10.6 Å². The third-order valence-electron chi connectivity index (χ3n) is 4.83. The molecular formula is C21H16Cl2FN3O2S. The number of carbonyl (C=O) groups is 2. The summed E-state index contributed by atoms with van der Waals surface area (Å²) in [5, 5.41) is 3.20. The molecule has 0 spiro atoms. The Morgan fingerprint density at radius 3 is 2.20 bits per heavy atom. The average molecular weight is 464 g/mol. The average Bonchev–Trinajstić information content (AvgIpc) is 3.24. The Kier molecular flexibility index (Phi) is 6.04. The molecule has 2 amide bonds. The van der Waals surface area contributed by atoms with Gasteiger partial charge in [0.05, 0.1) is 10.6 Å². The number of hydrogen-bond donors (Lipinski definition) is 0. The Morgan fingerprint density at radius 2 is 1.57 bits per heavy atom. The van der Waals surface area contributed by atoms with E-state index in [1.807, 2.05) is 12.1 Å². The summed E-state index contributed by atoms with van der Waals surface area (Å²) in [6.45, 7) is 1.51. The molecule has 0 aliphatic carbocycles. The van der Waals surface area contributed by atoms with Crippen LogP contribution in [0.25, 0.3) is 10.6 Å². The second kappa shape index (κ2) is 8.71. The summed E-state index contributed by atoms with van der Waals surface area (Å²) in [4.78, 5) is 33.2. The fraction of sp³-hybridized carbons (Fsp3) is 0.190. The normalized spacial score (nSPS) is 14.1. The van der Waals surface area contributed by atoms with Gasteiger partial charge in [0.25, 0.3) is 11.8 Å². The molecule has 1 aliphatic heterocycles. The zero-order chi connectivity index (χ0) is 21.3. The highest BCUT2D eigenvalue weighted by Gasteiger charge is 2.27. The largest absolute Gasteiger partial charge is 0.335 e. The number of hydrogen-bond acceptors (Lipinski definition) is 4. The third kappa shape index (κ3) is 4.33. The number of amides is 2. The summed E-state index contributed by atoms with van der Waals surface area (Å²) in [5.41, 5.74) is 1.53. The van der Waals surface area contributed by atoms with Gasteiger partial charge in [0, 0.05) is 42.1 Å². The summed E-state index contributed by atoms with van der Waals surface area (Å²) in [7, 11) is 0. The van der Waals surface area contributed by atoms with Crippen LogP contribution < -0.4 is 0 Å². The van der Waals surface area contributed by atoms with E-state index in [0.717, 1.165) is 16.6 Å². The van der Waals surface area contributed by atoms with Crippen molar-refractivity contribution in [1.82, 2.24) is 14.8 Å². The van der Waals surface area contributed by atoms with Crippen LogP contribution >= 0.6 is 34.5 Å². The number of halogens is 3. The van der Waals surface area contributed by atoms with Crippen molar-refractivity contribution in [2.45, 2.75) is 0 Å². The topological polar surface area (TPSA) is 53.5 Å². The first-order valence-electron chi connectivity index (χ1n) is 9.17. The number of carbonyl (C=O) groups excluding carboxylic acids is 2. The molecule has 9 heteroatoms. The van der Waals surface area contributed by atoms with Gasteiger partial charge in [-0.1, -0.05) is 35.3 Å². The lowest BCUT2D eigenvalue weighted by Crippen LogP contribution is -2.50. The van der Waals surface area contributed by atoms with E-state index in [9.17, 15) is 14.0 Å². The van der Waals surface area contributed by atoms with Gasteiger partial charge in [-0.3, -0.25) is 9.59 Å². The lowest BCUT2D eigenvalue weighted by molar-refractivity contribution is 0.0533. The van der Waals surface area contributed by atoms with Crippen LogP contribution in [0.3, 0.4) is 0 Å². The molecule has 0 saturated carbocycles. The fourth-order valence-corrected chi connectivity index (χ4v) is 4.38. The van der Waals surface area contributed by atoms with Crippen LogP contribution in [0, 0.1) is 5.82 Å². The number of rotatable bonds is 3. The van der Waals surface area contributed by atoms with Gasteiger partial charge in [-0.25, -0.2) is 9.37 Å². The zero-order valence-corrected chi connectivity index (χ0v) is 18.0. The van der Waals surface area contributed by atoms with Crippen molar-refractivity contribution < 1.29 is 14.0 Å². The maximum atomic E-state index is 13.2. The van der Waals surface area contributed by atoms with Crippen LogP contribution in [0.2, 0.25) is 10.0 Å². The van der Waals surface area contributed by atoms with Crippen LogP contribution in [0.5, 0.6) is 0 Å². The molecule has 0 unspecified atom stereocenters. The molecule has 4 rings (SSSR count). The Hall–Kier alpha value is -2.48. The molecule has 1 aromatic heterocycles. The van der Waals surface area contributed by atoms with Crippen molar-refractivity contribution in [3.63, 3.8) is 0 Å². The molecule has 3 aromatic rings. The van der Waals surface area contributed by atoms with E-state index in [4.69, 9.17) is 23.2 Å². The number of nitrogens with zero attached hydrogens (tertiary/aromatic N) is 3. The highest BCUT2D eigenvalue weighted by atomic mass is 35.5. The summed E-state index contributed by atoms with van der Waals surface area (Å²) in [6.07, 6.45) is 0. The first-order valence-corrected chi connectivity index (χ1v) is 10.8. The molecule has 5 nitrogen and oxygen atoms in total. The highest BCUT2D eigenvalue weighted by molar-refractivity contribution is 7.13. The lowest BCUT2D eigenvalue weighted by atomic mass is 10.1. The second-order valence-corrected chi connectivity index (χ2v) is 8.46. The van der Waals surface area contributed by atoms with Crippen LogP contribution in [0.1, 0.15) is 20.8 Å². The molecule has 2 aromatic carbocycles. The van der Waals surface area contributed by atoms with Crippen molar-refractivity contribution >= 4 is 46.4 Å². The van der Waals surface area contributed by atoms with Crippen molar-refractivity contribution in [1.29, 1.82) is 0 Å². The summed E-state index contributed by atoms with van der Waals surface area (Å²) < 4.78 is 13.2. The molecular weight excluding hydrogens is 448 g/mol. The monoisotopic (exact) mass is 463 g/mol. The minimum Gasteiger partial charge on any atom is -0.335 e. The zero-order valence-electron chi connectivity index (χ0n) is 15.6. The van der Waals surface area contributed by atoms with Gasteiger partial charge in [0.15, 0.2) is 0 Å². The summed E-state index contributed by atoms with van der Waals surface area (Å²) >= 11 is 13.3. The van der Waals surface area contributed by atoms with E-state index in [-0.39, 0.29) is 22.4 Å². The van der Waals surface area contributed by atoms with Crippen molar-refractivity contribution in [2.24, 2.45) is 0 Å². The van der Waals surface area contributed by atoms with E-state index in [2.05, 4.69) is 4.98 Å². The maximum absolute atomic E-state index is 13.2. The van der Waals surface area contributed by atoms with Gasteiger partial charge >= 0.3 is 0 Å². The predicted octanol–water partition coefficient (Wildman–Crippen LogP) is 4.85. The SMILES string of the molecule is O=C(c1csc(-c2ccc(Cl)cc2)n1)N1CCN(C(=O)c2ccc(F)cc2Cl)CC1. The van der Waals surface area contributed by atoms with E-state index in [1.54, 1.807) is 27.3 Å². The van der Waals surface area contributed by atoms with Gasteiger partial charge in [0.2, 0.25) is 0 Å². The fourth-order valence-electron chi connectivity index (χ4n) is 3.20. The molecule has 0 bridgehead atoms. The first-order chi connectivity index (χ1) is 14.4. The van der Waals surface area contributed by atoms with Crippen LogP contribution in [0.4, 0.5) is 4.39 Å². The smallest absolute Gasteiger partial charge is 0.273 e. The van der Waals surface area contributed by atoms with Gasteiger partial charge < -0.3 is 9.80 Å². The maximum Gasteiger partial charge on any atom is 0.273 e. The summed E-state index contributed by atoms with van der Waals surface area (Å²) in [6, 6.07) is 11.0. The first kappa shape index (κ1) is 20.8. The molecule has 0 N–H and O–H groups in total. The van der Waals surface area contributed by atoms with Gasteiger partial charge in [0.1, 0.15) is 16.5 Å². The molecule has 30 heavy (non-hydrogen) atoms. The Labute approximate surface area is 186 Å². The van der Waals surface area contributed by atoms with Crippen molar-refractivity contribution in [2.75, 3.05) is 26.2 Å². The number of aromatic nitrogens is 1. The van der Waals surface area contributed by atoms with Crippen LogP contribution in [-0.2, 0) is 0 Å². The molecule has 1 fully saturated rings. The molecule has 1 aliphatic rings. The quantitative estimate of drug-likeness (QED) is 0.557. The van der Waals surface area contributed by atoms with E-state index in [0.29, 0.717) is 36.9 Å². The molecule has 154 valence electrons. The molecule has 0 radical (unpaired) electrons. The Morgan fingerprint density at radius 1 is 0.933 bits per heavy atom. The number of thiazole rings is 1. The van der Waals surface area contributed by atoms with Crippen molar-refractivity contribution in [3.05, 3.63) is 75.0 Å². The second-order valence-electron chi connectivity index (χ2n) is 6.75. The minimum absolute atomic E-state index is 0.0794. The standard InChI is InChI=1S/C21H16Cl2FN3O2S/c22-14-3-1-13(2-4-14)19-25-18(12-30-19)21(29)27-9-7-26(8-10-27)20(28)16-6-5-15(24)11-17(16)23/h1-6,11-12H,7-10H2. The van der Waals surface area contributed by atoms with E-state index >= 15 is 0 Å². The molecule has 2 heterocycles. The highest BCUT2D eigenvalue weighted by Crippen LogP contribution is 2.26. The van der Waals surface area contributed by atoms with Crippen LogP contribution in [0.15, 0.2) is 47.8 Å². The molecule has 1 saturated heterocycles. The summed E-state index contributed by atoms with van der Waals surface area (Å²) in [5.74, 6) is -0.933.